The number of fused-ring (bicyclic) bond motifs is 1. The van der Waals surface area contributed by atoms with Gasteiger partial charge in [0, 0.05) is 24.9 Å². The standard InChI is InChI=1S/C16H17N3O2/c1-2-19-10-12(9-15(19)20)17-16(21)14-8-7-11-5-3-4-6-13(11)18-14/h3-8,12H,2,9-10H2,1H3,(H,17,21). The highest BCUT2D eigenvalue weighted by atomic mass is 16.2. The lowest BCUT2D eigenvalue weighted by molar-refractivity contribution is -0.127. The van der Waals surface area contributed by atoms with Gasteiger partial charge in [0.15, 0.2) is 0 Å². The molecule has 1 unspecified atom stereocenters. The summed E-state index contributed by atoms with van der Waals surface area (Å²) in [6.07, 6.45) is 0.368. The first-order chi connectivity index (χ1) is 10.2. The second-order valence-corrected chi connectivity index (χ2v) is 5.20. The summed E-state index contributed by atoms with van der Waals surface area (Å²) in [6, 6.07) is 11.1. The number of carbonyl (C=O) groups is 2. The molecule has 3 rings (SSSR count). The highest BCUT2D eigenvalue weighted by Crippen LogP contribution is 2.14. The molecule has 5 heteroatoms. The Morgan fingerprint density at radius 3 is 2.90 bits per heavy atom. The number of para-hydroxylation sites is 1. The van der Waals surface area contributed by atoms with Gasteiger partial charge in [0.25, 0.3) is 5.91 Å². The Morgan fingerprint density at radius 2 is 2.14 bits per heavy atom. The van der Waals surface area contributed by atoms with Gasteiger partial charge < -0.3 is 10.2 Å². The van der Waals surface area contributed by atoms with Crippen LogP contribution in [0, 0.1) is 0 Å². The van der Waals surface area contributed by atoms with E-state index in [0.29, 0.717) is 25.2 Å². The molecule has 1 aliphatic heterocycles. The summed E-state index contributed by atoms with van der Waals surface area (Å²) in [5, 5.41) is 3.89. The van der Waals surface area contributed by atoms with Gasteiger partial charge >= 0.3 is 0 Å². The van der Waals surface area contributed by atoms with Crippen LogP contribution in [0.3, 0.4) is 0 Å². The summed E-state index contributed by atoms with van der Waals surface area (Å²) in [7, 11) is 0. The van der Waals surface area contributed by atoms with Crippen LogP contribution in [0.15, 0.2) is 36.4 Å². The Balaban J connectivity index is 1.74. The van der Waals surface area contributed by atoms with E-state index >= 15 is 0 Å². The molecule has 21 heavy (non-hydrogen) atoms. The van der Waals surface area contributed by atoms with E-state index in [0.717, 1.165) is 10.9 Å². The van der Waals surface area contributed by atoms with Gasteiger partial charge in [-0.05, 0) is 19.1 Å². The number of rotatable bonds is 3. The minimum absolute atomic E-state index is 0.0919. The van der Waals surface area contributed by atoms with Crippen molar-refractivity contribution in [3.05, 3.63) is 42.1 Å². The Kier molecular flexibility index (Phi) is 3.56. The zero-order valence-electron chi connectivity index (χ0n) is 11.9. The van der Waals surface area contributed by atoms with Gasteiger partial charge in [0.05, 0.1) is 11.6 Å². The van der Waals surface area contributed by atoms with Crippen LogP contribution in [0.4, 0.5) is 0 Å². The number of likely N-dealkylation sites (tertiary alicyclic amines) is 1. The van der Waals surface area contributed by atoms with Gasteiger partial charge in [0.2, 0.25) is 5.91 Å². The van der Waals surface area contributed by atoms with Crippen LogP contribution in [0.1, 0.15) is 23.8 Å². The summed E-state index contributed by atoms with van der Waals surface area (Å²) >= 11 is 0. The molecule has 2 aromatic rings. The monoisotopic (exact) mass is 283 g/mol. The summed E-state index contributed by atoms with van der Waals surface area (Å²) in [4.78, 5) is 30.0. The second kappa shape index (κ2) is 5.52. The van der Waals surface area contributed by atoms with Crippen LogP contribution in [-0.4, -0.2) is 40.8 Å². The minimum atomic E-state index is -0.225. The fraction of sp³-hybridized carbons (Fsp3) is 0.312. The topological polar surface area (TPSA) is 62.3 Å². The van der Waals surface area contributed by atoms with E-state index in [4.69, 9.17) is 0 Å². The van der Waals surface area contributed by atoms with Crippen molar-refractivity contribution >= 4 is 22.7 Å². The molecule has 1 aliphatic rings. The first kappa shape index (κ1) is 13.5. The van der Waals surface area contributed by atoms with Crippen molar-refractivity contribution in [2.45, 2.75) is 19.4 Å². The molecule has 0 radical (unpaired) electrons. The molecule has 0 spiro atoms. The maximum Gasteiger partial charge on any atom is 0.270 e. The van der Waals surface area contributed by atoms with Gasteiger partial charge in [-0.2, -0.15) is 0 Å². The molecular weight excluding hydrogens is 266 g/mol. The van der Waals surface area contributed by atoms with E-state index in [-0.39, 0.29) is 17.9 Å². The van der Waals surface area contributed by atoms with Gasteiger partial charge in [-0.3, -0.25) is 9.59 Å². The van der Waals surface area contributed by atoms with Crippen molar-refractivity contribution in [1.82, 2.24) is 15.2 Å². The zero-order valence-corrected chi connectivity index (χ0v) is 11.9. The van der Waals surface area contributed by atoms with Crippen LogP contribution >= 0.6 is 0 Å². The molecule has 1 aromatic heterocycles. The normalized spacial score (nSPS) is 18.2. The summed E-state index contributed by atoms with van der Waals surface area (Å²) < 4.78 is 0. The number of likely N-dealkylation sites (N-methyl/N-ethyl adjacent to an activating group) is 1. The van der Waals surface area contributed by atoms with Crippen molar-refractivity contribution in [3.63, 3.8) is 0 Å². The molecule has 1 aromatic carbocycles. The van der Waals surface area contributed by atoms with E-state index in [9.17, 15) is 9.59 Å². The molecule has 0 saturated carbocycles. The molecule has 0 aliphatic carbocycles. The lowest BCUT2D eigenvalue weighted by atomic mass is 10.2. The fourth-order valence-electron chi connectivity index (χ4n) is 2.63. The predicted molar refractivity (Wildman–Crippen MR) is 79.9 cm³/mol. The van der Waals surface area contributed by atoms with E-state index < -0.39 is 0 Å². The largest absolute Gasteiger partial charge is 0.346 e. The molecule has 1 saturated heterocycles. The molecule has 5 nitrogen and oxygen atoms in total. The van der Waals surface area contributed by atoms with Crippen molar-refractivity contribution in [2.75, 3.05) is 13.1 Å². The van der Waals surface area contributed by atoms with E-state index in [2.05, 4.69) is 10.3 Å². The molecule has 2 heterocycles. The Morgan fingerprint density at radius 1 is 1.33 bits per heavy atom. The number of amides is 2. The number of nitrogens with zero attached hydrogens (tertiary/aromatic N) is 2. The average Bonchev–Trinajstić information content (AvgIpc) is 2.86. The molecule has 0 bridgehead atoms. The van der Waals surface area contributed by atoms with E-state index in [1.165, 1.54) is 0 Å². The first-order valence-corrected chi connectivity index (χ1v) is 7.12. The third-order valence-electron chi connectivity index (χ3n) is 3.76. The molecule has 1 N–H and O–H groups in total. The highest BCUT2D eigenvalue weighted by Gasteiger charge is 2.29. The smallest absolute Gasteiger partial charge is 0.270 e. The van der Waals surface area contributed by atoms with Gasteiger partial charge in [-0.25, -0.2) is 4.98 Å². The highest BCUT2D eigenvalue weighted by molar-refractivity contribution is 5.95. The van der Waals surface area contributed by atoms with E-state index in [1.807, 2.05) is 37.3 Å². The molecule has 2 amide bonds. The third kappa shape index (κ3) is 2.72. The van der Waals surface area contributed by atoms with Crippen LogP contribution in [0.25, 0.3) is 10.9 Å². The van der Waals surface area contributed by atoms with E-state index in [1.54, 1.807) is 11.0 Å². The maximum absolute atomic E-state index is 12.2. The number of aromatic nitrogens is 1. The molecular formula is C16H17N3O2. The average molecular weight is 283 g/mol. The summed E-state index contributed by atoms with van der Waals surface area (Å²) in [5.74, 6) is -0.134. The van der Waals surface area contributed by atoms with Gasteiger partial charge in [-0.15, -0.1) is 0 Å². The third-order valence-corrected chi connectivity index (χ3v) is 3.76. The van der Waals surface area contributed by atoms with Gasteiger partial charge in [0.1, 0.15) is 5.69 Å². The fourth-order valence-corrected chi connectivity index (χ4v) is 2.63. The predicted octanol–water partition coefficient (Wildman–Crippen LogP) is 1.59. The quantitative estimate of drug-likeness (QED) is 0.930. The maximum atomic E-state index is 12.2. The molecule has 1 atom stereocenters. The number of hydrogen-bond donors (Lipinski definition) is 1. The number of carbonyl (C=O) groups excluding carboxylic acids is 2. The lowest BCUT2D eigenvalue weighted by Crippen LogP contribution is -2.37. The van der Waals surface area contributed by atoms with Crippen LogP contribution in [-0.2, 0) is 4.79 Å². The van der Waals surface area contributed by atoms with Crippen LogP contribution < -0.4 is 5.32 Å². The number of benzene rings is 1. The number of pyridine rings is 1. The summed E-state index contributed by atoms with van der Waals surface area (Å²) in [6.45, 7) is 3.20. The number of nitrogens with one attached hydrogen (secondary N) is 1. The zero-order chi connectivity index (χ0) is 14.8. The Hall–Kier alpha value is -2.43. The van der Waals surface area contributed by atoms with Crippen LogP contribution in [0.5, 0.6) is 0 Å². The Bertz CT molecular complexity index is 699. The van der Waals surface area contributed by atoms with Crippen molar-refractivity contribution < 1.29 is 9.59 Å². The second-order valence-electron chi connectivity index (χ2n) is 5.20. The van der Waals surface area contributed by atoms with Crippen molar-refractivity contribution in [2.24, 2.45) is 0 Å². The molecule has 1 fully saturated rings. The number of hydrogen-bond acceptors (Lipinski definition) is 3. The SMILES string of the molecule is CCN1CC(NC(=O)c2ccc3ccccc3n2)CC1=O. The summed E-state index contributed by atoms with van der Waals surface area (Å²) in [5.41, 5.74) is 1.18. The van der Waals surface area contributed by atoms with Gasteiger partial charge in [-0.1, -0.05) is 24.3 Å². The molecule has 108 valence electrons. The Labute approximate surface area is 123 Å². The minimum Gasteiger partial charge on any atom is -0.346 e. The van der Waals surface area contributed by atoms with Crippen LogP contribution in [0.2, 0.25) is 0 Å². The lowest BCUT2D eigenvalue weighted by Gasteiger charge is -2.14. The van der Waals surface area contributed by atoms with Crippen molar-refractivity contribution in [3.8, 4) is 0 Å². The van der Waals surface area contributed by atoms with Crippen molar-refractivity contribution in [1.29, 1.82) is 0 Å². The first-order valence-electron chi connectivity index (χ1n) is 7.12.